The first-order chi connectivity index (χ1) is 11.1. The van der Waals surface area contributed by atoms with E-state index in [0.717, 1.165) is 11.1 Å². The van der Waals surface area contributed by atoms with Crippen LogP contribution < -0.4 is 0 Å². The van der Waals surface area contributed by atoms with Crippen LogP contribution in [0.25, 0.3) is 0 Å². The van der Waals surface area contributed by atoms with Crippen molar-refractivity contribution in [1.82, 2.24) is 0 Å². The van der Waals surface area contributed by atoms with Crippen LogP contribution in [0.2, 0.25) is 0 Å². The zero-order chi connectivity index (χ0) is 18.2. The van der Waals surface area contributed by atoms with Crippen LogP contribution in [0.3, 0.4) is 0 Å². The molecule has 24 heavy (non-hydrogen) atoms. The van der Waals surface area contributed by atoms with E-state index in [2.05, 4.69) is 0 Å². The molecule has 128 valence electrons. The molecule has 2 nitrogen and oxygen atoms in total. The number of benzene rings is 2. The molecule has 0 spiro atoms. The molecule has 0 heterocycles. The Kier molecular flexibility index (Phi) is 4.91. The van der Waals surface area contributed by atoms with Crippen molar-refractivity contribution in [1.29, 1.82) is 0 Å². The van der Waals surface area contributed by atoms with Crippen molar-refractivity contribution in [2.24, 2.45) is 0 Å². The quantitative estimate of drug-likeness (QED) is 0.342. The van der Waals surface area contributed by atoms with E-state index < -0.39 is 46.7 Å². The second kappa shape index (κ2) is 6.59. The normalized spacial score (nSPS) is 12.2. The Bertz CT molecular complexity index is 788. The molecule has 2 aromatic carbocycles. The van der Waals surface area contributed by atoms with E-state index in [4.69, 9.17) is 4.74 Å². The van der Waals surface area contributed by atoms with Gasteiger partial charge in [0.05, 0.1) is 0 Å². The van der Waals surface area contributed by atoms with E-state index in [1.54, 1.807) is 18.2 Å². The van der Waals surface area contributed by atoms with Crippen molar-refractivity contribution in [3.63, 3.8) is 0 Å². The van der Waals surface area contributed by atoms with Crippen LogP contribution in [-0.2, 0) is 4.74 Å². The van der Waals surface area contributed by atoms with Crippen LogP contribution in [0, 0.1) is 42.9 Å². The summed E-state index contributed by atoms with van der Waals surface area (Å²) < 4.78 is 71.4. The smallest absolute Gasteiger partial charge is 0.344 e. The summed E-state index contributed by atoms with van der Waals surface area (Å²) in [6.45, 7) is 5.11. The lowest BCUT2D eigenvalue weighted by Crippen LogP contribution is -2.17. The number of carbonyl (C=O) groups excluding carboxylic acids is 1. The number of halogens is 5. The van der Waals surface area contributed by atoms with Crippen LogP contribution in [-0.4, -0.2) is 5.97 Å². The molecule has 0 aromatic heterocycles. The number of carbonyl (C=O) groups is 1. The van der Waals surface area contributed by atoms with Gasteiger partial charge >= 0.3 is 5.97 Å². The SMILES string of the molecule is Cc1ccc(C(C)OC(=O)c2c(F)c(F)c(F)c(F)c2F)cc1C. The Morgan fingerprint density at radius 1 is 0.875 bits per heavy atom. The topological polar surface area (TPSA) is 26.3 Å². The van der Waals surface area contributed by atoms with Crippen LogP contribution in [0.4, 0.5) is 22.0 Å². The molecule has 0 fully saturated rings. The molecule has 1 atom stereocenters. The maximum atomic E-state index is 13.6. The van der Waals surface area contributed by atoms with Crippen LogP contribution in [0.15, 0.2) is 18.2 Å². The fourth-order valence-electron chi connectivity index (χ4n) is 2.09. The molecule has 2 aromatic rings. The summed E-state index contributed by atoms with van der Waals surface area (Å²) in [6, 6.07) is 5.10. The second-order valence-corrected chi connectivity index (χ2v) is 5.34. The van der Waals surface area contributed by atoms with Crippen LogP contribution in [0.5, 0.6) is 0 Å². The van der Waals surface area contributed by atoms with Gasteiger partial charge in [-0.25, -0.2) is 26.7 Å². The molecule has 0 bridgehead atoms. The molecule has 0 amide bonds. The number of hydrogen-bond acceptors (Lipinski definition) is 2. The third kappa shape index (κ3) is 3.11. The average molecular weight is 344 g/mol. The highest BCUT2D eigenvalue weighted by Gasteiger charge is 2.31. The third-order valence-electron chi connectivity index (χ3n) is 3.70. The van der Waals surface area contributed by atoms with Crippen LogP contribution in [0.1, 0.15) is 40.1 Å². The van der Waals surface area contributed by atoms with Gasteiger partial charge < -0.3 is 4.74 Å². The minimum Gasteiger partial charge on any atom is -0.454 e. The molecule has 0 radical (unpaired) electrons. The zero-order valence-electron chi connectivity index (χ0n) is 13.0. The molecule has 0 aliphatic carbocycles. The van der Waals surface area contributed by atoms with Gasteiger partial charge in [0.15, 0.2) is 23.3 Å². The summed E-state index contributed by atoms with van der Waals surface area (Å²) in [7, 11) is 0. The lowest BCUT2D eigenvalue weighted by molar-refractivity contribution is 0.0323. The first-order valence-electron chi connectivity index (χ1n) is 6.94. The number of esters is 1. The summed E-state index contributed by atoms with van der Waals surface area (Å²) in [5.74, 6) is -12.8. The van der Waals surface area contributed by atoms with Crippen LogP contribution >= 0.6 is 0 Å². The van der Waals surface area contributed by atoms with Gasteiger partial charge in [0.1, 0.15) is 11.7 Å². The molecule has 0 aliphatic rings. The van der Waals surface area contributed by atoms with Gasteiger partial charge in [0.25, 0.3) is 0 Å². The summed E-state index contributed by atoms with van der Waals surface area (Å²) in [6.07, 6.45) is -0.938. The van der Waals surface area contributed by atoms with Crippen molar-refractivity contribution in [2.45, 2.75) is 26.9 Å². The first kappa shape index (κ1) is 17.9. The van der Waals surface area contributed by atoms with Gasteiger partial charge in [0, 0.05) is 0 Å². The second-order valence-electron chi connectivity index (χ2n) is 5.34. The molecule has 0 saturated heterocycles. The lowest BCUT2D eigenvalue weighted by atomic mass is 10.0. The van der Waals surface area contributed by atoms with Gasteiger partial charge in [-0.05, 0) is 37.5 Å². The highest BCUT2D eigenvalue weighted by Crippen LogP contribution is 2.26. The molecule has 0 saturated carbocycles. The van der Waals surface area contributed by atoms with Crippen molar-refractivity contribution >= 4 is 5.97 Å². The van der Waals surface area contributed by atoms with E-state index in [1.165, 1.54) is 6.92 Å². The standard InChI is InChI=1S/C17H13F5O2/c1-7-4-5-10(6-8(7)2)9(3)24-17(23)11-12(18)14(20)16(22)15(21)13(11)19/h4-6,9H,1-3H3. The van der Waals surface area contributed by atoms with Crippen molar-refractivity contribution in [2.75, 3.05) is 0 Å². The van der Waals surface area contributed by atoms with E-state index in [9.17, 15) is 26.7 Å². The van der Waals surface area contributed by atoms with E-state index in [-0.39, 0.29) is 0 Å². The predicted octanol–water partition coefficient (Wildman–Crippen LogP) is 4.92. The third-order valence-corrected chi connectivity index (χ3v) is 3.70. The molecule has 7 heteroatoms. The Hall–Kier alpha value is -2.44. The summed E-state index contributed by atoms with van der Waals surface area (Å²) >= 11 is 0. The summed E-state index contributed by atoms with van der Waals surface area (Å²) in [5.41, 5.74) is 0.793. The Morgan fingerprint density at radius 3 is 1.88 bits per heavy atom. The predicted molar refractivity (Wildman–Crippen MR) is 76.0 cm³/mol. The fourth-order valence-corrected chi connectivity index (χ4v) is 2.09. The maximum Gasteiger partial charge on any atom is 0.344 e. The molecule has 2 rings (SSSR count). The van der Waals surface area contributed by atoms with Crippen molar-refractivity contribution in [3.8, 4) is 0 Å². The largest absolute Gasteiger partial charge is 0.454 e. The van der Waals surface area contributed by atoms with E-state index >= 15 is 0 Å². The molecule has 0 N–H and O–H groups in total. The highest BCUT2D eigenvalue weighted by molar-refractivity contribution is 5.90. The van der Waals surface area contributed by atoms with E-state index in [0.29, 0.717) is 5.56 Å². The molecular formula is C17H13F5O2. The minimum absolute atomic E-state index is 0.523. The van der Waals surface area contributed by atoms with Gasteiger partial charge in [-0.1, -0.05) is 18.2 Å². The maximum absolute atomic E-state index is 13.6. The number of hydrogen-bond donors (Lipinski definition) is 0. The summed E-state index contributed by atoms with van der Waals surface area (Å²) in [5, 5.41) is 0. The average Bonchev–Trinajstić information content (AvgIpc) is 2.53. The fraction of sp³-hybridized carbons (Fsp3) is 0.235. The molecule has 0 aliphatic heterocycles. The zero-order valence-corrected chi connectivity index (χ0v) is 13.0. The van der Waals surface area contributed by atoms with Gasteiger partial charge in [0.2, 0.25) is 5.82 Å². The first-order valence-corrected chi connectivity index (χ1v) is 6.94. The number of rotatable bonds is 3. The number of aryl methyl sites for hydroxylation is 2. The summed E-state index contributed by atoms with van der Waals surface area (Å²) in [4.78, 5) is 11.9. The van der Waals surface area contributed by atoms with Crippen molar-refractivity contribution in [3.05, 3.63) is 69.5 Å². The molecule has 1 unspecified atom stereocenters. The van der Waals surface area contributed by atoms with Gasteiger partial charge in [-0.2, -0.15) is 0 Å². The lowest BCUT2D eigenvalue weighted by Gasteiger charge is -2.16. The van der Waals surface area contributed by atoms with Gasteiger partial charge in [-0.3, -0.25) is 0 Å². The van der Waals surface area contributed by atoms with Gasteiger partial charge in [-0.15, -0.1) is 0 Å². The molecular weight excluding hydrogens is 331 g/mol. The Labute approximate surface area is 134 Å². The van der Waals surface area contributed by atoms with E-state index in [1.807, 2.05) is 13.8 Å². The highest BCUT2D eigenvalue weighted by atomic mass is 19.2. The van der Waals surface area contributed by atoms with Crippen molar-refractivity contribution < 1.29 is 31.5 Å². The monoisotopic (exact) mass is 344 g/mol. The number of ether oxygens (including phenoxy) is 1. The Morgan fingerprint density at radius 2 is 1.38 bits per heavy atom. The Balaban J connectivity index is 2.35. The minimum atomic E-state index is -2.33.